The standard InChI is InChI=1S/C20H17F3N4O3S/c21-20(22,23)17-7-13(11-3-4-15-16(6-11)30-10-29-15)25-18-8-14(26-27(17)18)19(28)24-9-12-2-1-5-31-12/h1-6,8,13,17,25H,7,9-10H2,(H,24,28). The molecule has 3 aromatic rings. The fraction of sp³-hybridized carbons (Fsp3) is 0.300. The lowest BCUT2D eigenvalue weighted by atomic mass is 9.96. The first-order chi connectivity index (χ1) is 14.9. The molecule has 7 nitrogen and oxygen atoms in total. The van der Waals surface area contributed by atoms with Crippen molar-refractivity contribution in [2.45, 2.75) is 31.2 Å². The van der Waals surface area contributed by atoms with Crippen molar-refractivity contribution >= 4 is 23.1 Å². The quantitative estimate of drug-likeness (QED) is 0.621. The second-order valence-electron chi connectivity index (χ2n) is 7.22. The third kappa shape index (κ3) is 3.80. The number of hydrogen-bond acceptors (Lipinski definition) is 6. The van der Waals surface area contributed by atoms with Crippen LogP contribution in [-0.2, 0) is 6.54 Å². The van der Waals surface area contributed by atoms with E-state index < -0.39 is 24.2 Å². The van der Waals surface area contributed by atoms with E-state index in [1.165, 1.54) is 17.4 Å². The van der Waals surface area contributed by atoms with Crippen LogP contribution in [0.1, 0.15) is 39.4 Å². The number of nitrogens with one attached hydrogen (secondary N) is 2. The van der Waals surface area contributed by atoms with Gasteiger partial charge in [0.25, 0.3) is 5.91 Å². The molecule has 11 heteroatoms. The maximum Gasteiger partial charge on any atom is 0.410 e. The summed E-state index contributed by atoms with van der Waals surface area (Å²) in [7, 11) is 0. The number of halogens is 3. The number of benzene rings is 1. The van der Waals surface area contributed by atoms with Gasteiger partial charge in [-0.1, -0.05) is 12.1 Å². The molecule has 2 atom stereocenters. The van der Waals surface area contributed by atoms with E-state index in [-0.39, 0.29) is 31.3 Å². The molecule has 5 rings (SSSR count). The van der Waals surface area contributed by atoms with Crippen LogP contribution in [0.25, 0.3) is 0 Å². The Bertz CT molecular complexity index is 1110. The van der Waals surface area contributed by atoms with E-state index >= 15 is 0 Å². The van der Waals surface area contributed by atoms with Gasteiger partial charge in [0.05, 0.1) is 12.6 Å². The van der Waals surface area contributed by atoms with Crippen LogP contribution in [0.3, 0.4) is 0 Å². The second kappa shape index (κ2) is 7.49. The topological polar surface area (TPSA) is 77.4 Å². The number of ether oxygens (including phenoxy) is 2. The average Bonchev–Trinajstić information content (AvgIpc) is 3.50. The highest BCUT2D eigenvalue weighted by Crippen LogP contribution is 2.45. The molecule has 0 saturated heterocycles. The number of nitrogens with zero attached hydrogens (tertiary/aromatic N) is 2. The third-order valence-electron chi connectivity index (χ3n) is 5.22. The Kier molecular flexibility index (Phi) is 4.77. The molecule has 0 spiro atoms. The van der Waals surface area contributed by atoms with Crippen LogP contribution >= 0.6 is 11.3 Å². The number of fused-ring (bicyclic) bond motifs is 2. The van der Waals surface area contributed by atoms with Crippen molar-refractivity contribution < 1.29 is 27.4 Å². The summed E-state index contributed by atoms with van der Waals surface area (Å²) in [6.07, 6.45) is -4.80. The lowest BCUT2D eigenvalue weighted by Crippen LogP contribution is -2.35. The van der Waals surface area contributed by atoms with Gasteiger partial charge in [0, 0.05) is 17.4 Å². The van der Waals surface area contributed by atoms with E-state index in [2.05, 4.69) is 15.7 Å². The number of amides is 1. The zero-order valence-electron chi connectivity index (χ0n) is 16.0. The maximum atomic E-state index is 13.8. The van der Waals surface area contributed by atoms with Crippen molar-refractivity contribution in [2.24, 2.45) is 0 Å². The monoisotopic (exact) mass is 450 g/mol. The molecule has 2 aliphatic heterocycles. The minimum absolute atomic E-state index is 0.0698. The zero-order chi connectivity index (χ0) is 21.6. The summed E-state index contributed by atoms with van der Waals surface area (Å²) in [5, 5.41) is 11.6. The summed E-state index contributed by atoms with van der Waals surface area (Å²) in [4.78, 5) is 13.4. The first-order valence-electron chi connectivity index (χ1n) is 9.51. The van der Waals surface area contributed by atoms with Crippen molar-refractivity contribution in [3.63, 3.8) is 0 Å². The molecule has 4 heterocycles. The fourth-order valence-electron chi connectivity index (χ4n) is 3.70. The number of carbonyl (C=O) groups excluding carboxylic acids is 1. The Morgan fingerprint density at radius 1 is 1.26 bits per heavy atom. The Balaban J connectivity index is 1.41. The fourth-order valence-corrected chi connectivity index (χ4v) is 4.35. The van der Waals surface area contributed by atoms with Gasteiger partial charge in [0.15, 0.2) is 23.2 Å². The van der Waals surface area contributed by atoms with Crippen LogP contribution in [0.2, 0.25) is 0 Å². The van der Waals surface area contributed by atoms with Crippen molar-refractivity contribution in [2.75, 3.05) is 12.1 Å². The van der Waals surface area contributed by atoms with Crippen LogP contribution in [0, 0.1) is 0 Å². The molecular weight excluding hydrogens is 433 g/mol. The Morgan fingerprint density at radius 3 is 2.87 bits per heavy atom. The van der Waals surface area contributed by atoms with Gasteiger partial charge in [-0.05, 0) is 29.1 Å². The van der Waals surface area contributed by atoms with Gasteiger partial charge in [0.2, 0.25) is 6.79 Å². The number of hydrogen-bond donors (Lipinski definition) is 2. The van der Waals surface area contributed by atoms with E-state index in [4.69, 9.17) is 9.47 Å². The molecule has 162 valence electrons. The first-order valence-corrected chi connectivity index (χ1v) is 10.4. The Hall–Kier alpha value is -3.21. The largest absolute Gasteiger partial charge is 0.454 e. The van der Waals surface area contributed by atoms with Crippen LogP contribution in [-0.4, -0.2) is 28.7 Å². The van der Waals surface area contributed by atoms with Gasteiger partial charge in [-0.15, -0.1) is 11.3 Å². The summed E-state index contributed by atoms with van der Waals surface area (Å²) in [6.45, 7) is 0.368. The lowest BCUT2D eigenvalue weighted by molar-refractivity contribution is -0.173. The summed E-state index contributed by atoms with van der Waals surface area (Å²) in [5.74, 6) is 0.660. The molecule has 0 fully saturated rings. The van der Waals surface area contributed by atoms with E-state index in [9.17, 15) is 18.0 Å². The molecule has 0 saturated carbocycles. The zero-order valence-corrected chi connectivity index (χ0v) is 16.8. The Labute approximate surface area is 178 Å². The molecule has 2 unspecified atom stereocenters. The van der Waals surface area contributed by atoms with Gasteiger partial charge in [-0.2, -0.15) is 18.3 Å². The number of carbonyl (C=O) groups is 1. The van der Waals surface area contributed by atoms with Gasteiger partial charge >= 0.3 is 6.18 Å². The number of anilines is 1. The van der Waals surface area contributed by atoms with Crippen molar-refractivity contribution in [1.29, 1.82) is 0 Å². The molecule has 1 aromatic carbocycles. The molecule has 1 amide bonds. The van der Waals surface area contributed by atoms with Gasteiger partial charge in [0.1, 0.15) is 5.82 Å². The van der Waals surface area contributed by atoms with Crippen LogP contribution in [0.4, 0.5) is 19.0 Å². The lowest BCUT2D eigenvalue weighted by Gasteiger charge is -2.33. The number of rotatable bonds is 4. The minimum atomic E-state index is -4.53. The predicted octanol–water partition coefficient (Wildman–Crippen LogP) is 4.26. The summed E-state index contributed by atoms with van der Waals surface area (Å²) in [6, 6.07) is 7.63. The highest BCUT2D eigenvalue weighted by Gasteiger charge is 2.47. The van der Waals surface area contributed by atoms with Crippen LogP contribution < -0.4 is 20.1 Å². The van der Waals surface area contributed by atoms with Gasteiger partial charge < -0.3 is 20.1 Å². The van der Waals surface area contributed by atoms with Crippen molar-refractivity contribution in [3.05, 3.63) is 57.9 Å². The average molecular weight is 450 g/mol. The molecule has 0 aliphatic carbocycles. The SMILES string of the molecule is O=C(NCc1cccs1)c1cc2n(n1)C(C(F)(F)F)CC(c1ccc3c(c1)OCO3)N2. The molecule has 0 radical (unpaired) electrons. The molecule has 2 aliphatic rings. The molecule has 2 aromatic heterocycles. The highest BCUT2D eigenvalue weighted by atomic mass is 32.1. The van der Waals surface area contributed by atoms with Crippen molar-refractivity contribution in [3.8, 4) is 11.5 Å². The van der Waals surface area contributed by atoms with Crippen LogP contribution in [0.15, 0.2) is 41.8 Å². The normalized spacial score (nSPS) is 19.6. The second-order valence-corrected chi connectivity index (χ2v) is 8.26. The third-order valence-corrected chi connectivity index (χ3v) is 6.10. The van der Waals surface area contributed by atoms with Gasteiger partial charge in [-0.25, -0.2) is 4.68 Å². The van der Waals surface area contributed by atoms with Gasteiger partial charge in [-0.3, -0.25) is 4.79 Å². The smallest absolute Gasteiger partial charge is 0.410 e. The predicted molar refractivity (Wildman–Crippen MR) is 106 cm³/mol. The molecule has 31 heavy (non-hydrogen) atoms. The minimum Gasteiger partial charge on any atom is -0.454 e. The summed E-state index contributed by atoms with van der Waals surface area (Å²) < 4.78 is 53.0. The summed E-state index contributed by atoms with van der Waals surface area (Å²) >= 11 is 1.48. The van der Waals surface area contributed by atoms with Crippen LogP contribution in [0.5, 0.6) is 11.5 Å². The summed E-state index contributed by atoms with van der Waals surface area (Å²) in [5.41, 5.74) is 0.564. The van der Waals surface area contributed by atoms with E-state index in [1.807, 2.05) is 17.5 Å². The number of alkyl halides is 3. The first kappa shape index (κ1) is 19.7. The molecule has 0 bridgehead atoms. The molecule has 2 N–H and O–H groups in total. The van der Waals surface area contributed by atoms with E-state index in [0.29, 0.717) is 17.1 Å². The maximum absolute atomic E-state index is 13.8. The highest BCUT2D eigenvalue weighted by molar-refractivity contribution is 7.09. The molecular formula is C20H17F3N4O3S. The van der Waals surface area contributed by atoms with E-state index in [0.717, 1.165) is 9.56 Å². The number of aromatic nitrogens is 2. The van der Waals surface area contributed by atoms with E-state index in [1.54, 1.807) is 18.2 Å². The Morgan fingerprint density at radius 2 is 2.10 bits per heavy atom. The number of thiophene rings is 1. The van der Waals surface area contributed by atoms with Crippen molar-refractivity contribution in [1.82, 2.24) is 15.1 Å².